The van der Waals surface area contributed by atoms with E-state index in [-0.39, 0.29) is 0 Å². The van der Waals surface area contributed by atoms with Crippen molar-refractivity contribution in [3.05, 3.63) is 40.1 Å². The lowest BCUT2D eigenvalue weighted by Gasteiger charge is -2.17. The SMILES string of the molecule is NCCc1nc(-c2ccccc2Br)n2c1CCCC2. The molecule has 2 heterocycles. The highest BCUT2D eigenvalue weighted by atomic mass is 79.9. The Balaban J connectivity index is 2.13. The summed E-state index contributed by atoms with van der Waals surface area (Å²) in [5, 5.41) is 0. The number of nitrogens with two attached hydrogens (primary N) is 1. The van der Waals surface area contributed by atoms with Crippen LogP contribution in [0, 0.1) is 0 Å². The molecular formula is C15H18BrN3. The Bertz CT molecular complexity index is 589. The van der Waals surface area contributed by atoms with Gasteiger partial charge in [0, 0.05) is 28.7 Å². The molecule has 100 valence electrons. The van der Waals surface area contributed by atoms with Gasteiger partial charge >= 0.3 is 0 Å². The summed E-state index contributed by atoms with van der Waals surface area (Å²) in [6, 6.07) is 8.30. The third-order valence-corrected chi connectivity index (χ3v) is 4.39. The van der Waals surface area contributed by atoms with E-state index >= 15 is 0 Å². The number of halogens is 1. The molecule has 4 heteroatoms. The molecule has 3 rings (SSSR count). The van der Waals surface area contributed by atoms with Crippen molar-refractivity contribution in [1.82, 2.24) is 9.55 Å². The largest absolute Gasteiger partial charge is 0.330 e. The summed E-state index contributed by atoms with van der Waals surface area (Å²) in [4.78, 5) is 4.87. The van der Waals surface area contributed by atoms with Crippen molar-refractivity contribution < 1.29 is 0 Å². The van der Waals surface area contributed by atoms with Crippen LogP contribution in [-0.2, 0) is 19.4 Å². The average Bonchev–Trinajstić information content (AvgIpc) is 2.79. The van der Waals surface area contributed by atoms with Crippen molar-refractivity contribution in [2.75, 3.05) is 6.54 Å². The first-order chi connectivity index (χ1) is 9.31. The lowest BCUT2D eigenvalue weighted by Crippen LogP contribution is -2.13. The van der Waals surface area contributed by atoms with Gasteiger partial charge in [-0.15, -0.1) is 0 Å². The molecule has 1 aliphatic rings. The molecule has 1 aromatic carbocycles. The lowest BCUT2D eigenvalue weighted by atomic mass is 10.1. The molecule has 0 radical (unpaired) electrons. The van der Waals surface area contributed by atoms with Gasteiger partial charge in [-0.05, 0) is 31.9 Å². The molecule has 0 saturated carbocycles. The third-order valence-electron chi connectivity index (χ3n) is 3.70. The van der Waals surface area contributed by atoms with Crippen LogP contribution >= 0.6 is 15.9 Å². The van der Waals surface area contributed by atoms with Crippen LogP contribution in [0.15, 0.2) is 28.7 Å². The number of imidazole rings is 1. The second-order valence-corrected chi connectivity index (χ2v) is 5.81. The van der Waals surface area contributed by atoms with E-state index in [2.05, 4.69) is 38.7 Å². The normalized spacial score (nSPS) is 14.4. The Kier molecular flexibility index (Phi) is 3.71. The molecule has 0 aliphatic carbocycles. The minimum atomic E-state index is 0.666. The monoisotopic (exact) mass is 319 g/mol. The van der Waals surface area contributed by atoms with Gasteiger partial charge in [0.1, 0.15) is 5.82 Å². The molecule has 1 aromatic heterocycles. The summed E-state index contributed by atoms with van der Waals surface area (Å²) in [5.74, 6) is 1.09. The highest BCUT2D eigenvalue weighted by Gasteiger charge is 2.21. The summed E-state index contributed by atoms with van der Waals surface area (Å²) in [5.41, 5.74) is 9.47. The number of rotatable bonds is 3. The number of hydrogen-bond donors (Lipinski definition) is 1. The van der Waals surface area contributed by atoms with Gasteiger partial charge in [-0.3, -0.25) is 0 Å². The number of hydrogen-bond acceptors (Lipinski definition) is 2. The molecule has 0 atom stereocenters. The van der Waals surface area contributed by atoms with Crippen LogP contribution in [-0.4, -0.2) is 16.1 Å². The first-order valence-electron chi connectivity index (χ1n) is 6.84. The Morgan fingerprint density at radius 2 is 2.11 bits per heavy atom. The van der Waals surface area contributed by atoms with Gasteiger partial charge in [-0.2, -0.15) is 0 Å². The molecule has 0 amide bonds. The minimum Gasteiger partial charge on any atom is -0.330 e. The average molecular weight is 320 g/mol. The fraction of sp³-hybridized carbons (Fsp3) is 0.400. The van der Waals surface area contributed by atoms with E-state index in [0.29, 0.717) is 6.54 Å². The van der Waals surface area contributed by atoms with E-state index in [1.54, 1.807) is 0 Å². The van der Waals surface area contributed by atoms with Gasteiger partial charge in [-0.1, -0.05) is 34.1 Å². The maximum absolute atomic E-state index is 5.71. The standard InChI is InChI=1S/C15H18BrN3/c16-12-6-2-1-5-11(12)15-18-13(8-9-17)14-7-3-4-10-19(14)15/h1-2,5-6H,3-4,7-10,17H2. The van der Waals surface area contributed by atoms with Gasteiger partial charge in [0.05, 0.1) is 5.69 Å². The fourth-order valence-electron chi connectivity index (χ4n) is 2.80. The minimum absolute atomic E-state index is 0.666. The Hall–Kier alpha value is -1.13. The van der Waals surface area contributed by atoms with E-state index in [1.807, 2.05) is 6.07 Å². The third kappa shape index (κ3) is 2.35. The van der Waals surface area contributed by atoms with Crippen LogP contribution in [0.3, 0.4) is 0 Å². The molecule has 1 aliphatic heterocycles. The predicted molar refractivity (Wildman–Crippen MR) is 81.1 cm³/mol. The molecule has 0 unspecified atom stereocenters. The lowest BCUT2D eigenvalue weighted by molar-refractivity contribution is 0.533. The Morgan fingerprint density at radius 3 is 2.89 bits per heavy atom. The highest BCUT2D eigenvalue weighted by Crippen LogP contribution is 2.31. The summed E-state index contributed by atoms with van der Waals surface area (Å²) in [7, 11) is 0. The van der Waals surface area contributed by atoms with Crippen molar-refractivity contribution >= 4 is 15.9 Å². The number of aromatic nitrogens is 2. The summed E-state index contributed by atoms with van der Waals surface area (Å²) in [6.45, 7) is 1.74. The molecule has 0 fully saturated rings. The quantitative estimate of drug-likeness (QED) is 0.944. The van der Waals surface area contributed by atoms with Crippen LogP contribution in [0.4, 0.5) is 0 Å². The van der Waals surface area contributed by atoms with Gasteiger partial charge in [0.25, 0.3) is 0 Å². The molecule has 2 aromatic rings. The fourth-order valence-corrected chi connectivity index (χ4v) is 3.27. The molecule has 0 saturated heterocycles. The molecule has 3 nitrogen and oxygen atoms in total. The van der Waals surface area contributed by atoms with Crippen molar-refractivity contribution in [2.45, 2.75) is 32.2 Å². The molecule has 0 bridgehead atoms. The van der Waals surface area contributed by atoms with Crippen molar-refractivity contribution in [1.29, 1.82) is 0 Å². The van der Waals surface area contributed by atoms with Crippen molar-refractivity contribution in [3.8, 4) is 11.4 Å². The van der Waals surface area contributed by atoms with Crippen molar-refractivity contribution in [3.63, 3.8) is 0 Å². The van der Waals surface area contributed by atoms with Crippen LogP contribution in [0.5, 0.6) is 0 Å². The van der Waals surface area contributed by atoms with Crippen LogP contribution in [0.2, 0.25) is 0 Å². The highest BCUT2D eigenvalue weighted by molar-refractivity contribution is 9.10. The van der Waals surface area contributed by atoms with Gasteiger partial charge in [-0.25, -0.2) is 4.98 Å². The topological polar surface area (TPSA) is 43.8 Å². The predicted octanol–water partition coefficient (Wildman–Crippen LogP) is 3.15. The molecule has 19 heavy (non-hydrogen) atoms. The van der Waals surface area contributed by atoms with E-state index < -0.39 is 0 Å². The van der Waals surface area contributed by atoms with Crippen LogP contribution < -0.4 is 5.73 Å². The molecule has 0 spiro atoms. The van der Waals surface area contributed by atoms with E-state index in [0.717, 1.165) is 29.7 Å². The number of benzene rings is 1. The zero-order valence-corrected chi connectivity index (χ0v) is 12.5. The molecular weight excluding hydrogens is 302 g/mol. The van der Waals surface area contributed by atoms with E-state index in [9.17, 15) is 0 Å². The van der Waals surface area contributed by atoms with Crippen LogP contribution in [0.1, 0.15) is 24.2 Å². The second-order valence-electron chi connectivity index (χ2n) is 4.96. The zero-order valence-electron chi connectivity index (χ0n) is 10.9. The molecule has 2 N–H and O–H groups in total. The maximum atomic E-state index is 5.71. The summed E-state index contributed by atoms with van der Waals surface area (Å²) >= 11 is 3.63. The van der Waals surface area contributed by atoms with E-state index in [4.69, 9.17) is 10.7 Å². The second kappa shape index (κ2) is 5.47. The summed E-state index contributed by atoms with van der Waals surface area (Å²) < 4.78 is 3.49. The number of nitrogens with zero attached hydrogens (tertiary/aromatic N) is 2. The first-order valence-corrected chi connectivity index (χ1v) is 7.64. The maximum Gasteiger partial charge on any atom is 0.141 e. The first kappa shape index (κ1) is 12.9. The van der Waals surface area contributed by atoms with Crippen molar-refractivity contribution in [2.24, 2.45) is 5.73 Å². The van der Waals surface area contributed by atoms with Gasteiger partial charge in [0.15, 0.2) is 0 Å². The van der Waals surface area contributed by atoms with E-state index in [1.165, 1.54) is 29.8 Å². The number of fused-ring (bicyclic) bond motifs is 1. The Labute approximate surface area is 122 Å². The summed E-state index contributed by atoms with van der Waals surface area (Å²) in [6.07, 6.45) is 4.51. The smallest absolute Gasteiger partial charge is 0.141 e. The van der Waals surface area contributed by atoms with Crippen LogP contribution in [0.25, 0.3) is 11.4 Å². The van der Waals surface area contributed by atoms with Gasteiger partial charge < -0.3 is 10.3 Å². The zero-order chi connectivity index (χ0) is 13.2. The Morgan fingerprint density at radius 1 is 1.26 bits per heavy atom. The van der Waals surface area contributed by atoms with Gasteiger partial charge in [0.2, 0.25) is 0 Å².